The van der Waals surface area contributed by atoms with Crippen molar-refractivity contribution >= 4 is 11.9 Å². The zero-order valence-electron chi connectivity index (χ0n) is 14.2. The van der Waals surface area contributed by atoms with Gasteiger partial charge in [-0.3, -0.25) is 0 Å². The van der Waals surface area contributed by atoms with Crippen LogP contribution in [0.3, 0.4) is 0 Å². The molecule has 6 heteroatoms. The third-order valence-corrected chi connectivity index (χ3v) is 3.94. The third-order valence-electron chi connectivity index (χ3n) is 3.94. The van der Waals surface area contributed by atoms with Crippen LogP contribution >= 0.6 is 0 Å². The van der Waals surface area contributed by atoms with Crippen molar-refractivity contribution in [3.8, 4) is 5.75 Å². The molecule has 0 amide bonds. The van der Waals surface area contributed by atoms with Crippen molar-refractivity contribution in [2.24, 2.45) is 5.92 Å². The van der Waals surface area contributed by atoms with E-state index in [2.05, 4.69) is 11.8 Å². The van der Waals surface area contributed by atoms with E-state index in [1.54, 1.807) is 0 Å². The maximum absolute atomic E-state index is 9.10. The van der Waals surface area contributed by atoms with Gasteiger partial charge in [-0.05, 0) is 63.4 Å². The first kappa shape index (κ1) is 20.0. The number of aliphatic carboxylic acids is 2. The highest BCUT2D eigenvalue weighted by molar-refractivity contribution is 6.27. The van der Waals surface area contributed by atoms with Crippen LogP contribution in [0.4, 0.5) is 0 Å². The maximum atomic E-state index is 9.10. The van der Waals surface area contributed by atoms with Crippen LogP contribution in [0.15, 0.2) is 30.3 Å². The van der Waals surface area contributed by atoms with Crippen LogP contribution in [0.1, 0.15) is 32.6 Å². The molecule has 0 bridgehead atoms. The molecule has 134 valence electrons. The number of benzene rings is 1. The SMILES string of the molecule is CC1CCN(CCCCOc2ccccc2)CC1.O=C(O)C(=O)O. The molecule has 0 aromatic heterocycles. The highest BCUT2D eigenvalue weighted by atomic mass is 16.5. The maximum Gasteiger partial charge on any atom is 0.414 e. The van der Waals surface area contributed by atoms with Crippen molar-refractivity contribution in [1.29, 1.82) is 0 Å². The summed E-state index contributed by atoms with van der Waals surface area (Å²) in [4.78, 5) is 20.8. The molecule has 0 radical (unpaired) electrons. The summed E-state index contributed by atoms with van der Waals surface area (Å²) in [5, 5.41) is 14.8. The van der Waals surface area contributed by atoms with Gasteiger partial charge >= 0.3 is 11.9 Å². The van der Waals surface area contributed by atoms with Crippen molar-refractivity contribution in [1.82, 2.24) is 4.90 Å². The molecule has 1 heterocycles. The summed E-state index contributed by atoms with van der Waals surface area (Å²) < 4.78 is 5.69. The molecule has 0 unspecified atom stereocenters. The number of likely N-dealkylation sites (tertiary alicyclic amines) is 1. The number of ether oxygens (including phenoxy) is 1. The van der Waals surface area contributed by atoms with Gasteiger partial charge in [0.2, 0.25) is 0 Å². The number of carboxylic acid groups (broad SMARTS) is 2. The molecule has 0 atom stereocenters. The molecule has 0 aliphatic carbocycles. The molecule has 2 N–H and O–H groups in total. The Morgan fingerprint density at radius 2 is 1.67 bits per heavy atom. The number of unbranched alkanes of at least 4 members (excludes halogenated alkanes) is 1. The Bertz CT molecular complexity index is 471. The second-order valence-electron chi connectivity index (χ2n) is 6.00. The third kappa shape index (κ3) is 9.15. The van der Waals surface area contributed by atoms with E-state index in [1.807, 2.05) is 30.3 Å². The molecule has 2 rings (SSSR count). The summed E-state index contributed by atoms with van der Waals surface area (Å²) in [5.41, 5.74) is 0. The Labute approximate surface area is 143 Å². The van der Waals surface area contributed by atoms with E-state index in [0.717, 1.165) is 24.7 Å². The Balaban J connectivity index is 0.000000413. The molecule has 1 fully saturated rings. The minimum Gasteiger partial charge on any atom is -0.494 e. The number of carbonyl (C=O) groups is 2. The standard InChI is InChI=1S/C16H25NO.C2H2O4/c1-15-9-12-17(13-10-15)11-5-6-14-18-16-7-3-2-4-8-16;3-1(4)2(5)6/h2-4,7-8,15H,5-6,9-14H2,1H3;(H,3,4)(H,5,6). The molecule has 24 heavy (non-hydrogen) atoms. The molecule has 1 saturated heterocycles. The highest BCUT2D eigenvalue weighted by Crippen LogP contribution is 2.16. The molecule has 1 aliphatic heterocycles. The van der Waals surface area contributed by atoms with E-state index in [4.69, 9.17) is 24.5 Å². The minimum absolute atomic E-state index is 0.842. The number of hydrogen-bond donors (Lipinski definition) is 2. The Morgan fingerprint density at radius 1 is 1.08 bits per heavy atom. The lowest BCUT2D eigenvalue weighted by molar-refractivity contribution is -0.159. The number of nitrogens with zero attached hydrogens (tertiary/aromatic N) is 1. The summed E-state index contributed by atoms with van der Waals surface area (Å²) in [6, 6.07) is 10.1. The van der Waals surface area contributed by atoms with Crippen LogP contribution in [-0.2, 0) is 9.59 Å². The molecular weight excluding hydrogens is 310 g/mol. The van der Waals surface area contributed by atoms with Crippen molar-refractivity contribution < 1.29 is 24.5 Å². The smallest absolute Gasteiger partial charge is 0.414 e. The van der Waals surface area contributed by atoms with Gasteiger partial charge in [-0.25, -0.2) is 9.59 Å². The first-order valence-electron chi connectivity index (χ1n) is 8.35. The first-order chi connectivity index (χ1) is 11.5. The average molecular weight is 337 g/mol. The summed E-state index contributed by atoms with van der Waals surface area (Å²) >= 11 is 0. The van der Waals surface area contributed by atoms with E-state index in [1.165, 1.54) is 38.9 Å². The van der Waals surface area contributed by atoms with Gasteiger partial charge in [-0.1, -0.05) is 25.1 Å². The van der Waals surface area contributed by atoms with Gasteiger partial charge in [0.1, 0.15) is 5.75 Å². The lowest BCUT2D eigenvalue weighted by atomic mass is 9.99. The number of piperidine rings is 1. The van der Waals surface area contributed by atoms with Crippen LogP contribution in [-0.4, -0.2) is 53.3 Å². The summed E-state index contributed by atoms with van der Waals surface area (Å²) in [6.45, 7) is 7.03. The normalized spacial score (nSPS) is 15.2. The van der Waals surface area contributed by atoms with Crippen molar-refractivity contribution in [2.75, 3.05) is 26.2 Å². The van der Waals surface area contributed by atoms with Crippen LogP contribution < -0.4 is 4.74 Å². The van der Waals surface area contributed by atoms with E-state index >= 15 is 0 Å². The molecule has 1 aliphatic rings. The lowest BCUT2D eigenvalue weighted by Gasteiger charge is -2.30. The van der Waals surface area contributed by atoms with Gasteiger partial charge in [0, 0.05) is 0 Å². The Kier molecular flexibility index (Phi) is 9.53. The second-order valence-corrected chi connectivity index (χ2v) is 6.00. The fourth-order valence-electron chi connectivity index (χ4n) is 2.43. The van der Waals surface area contributed by atoms with Gasteiger partial charge in [0.05, 0.1) is 6.61 Å². The number of rotatable bonds is 6. The van der Waals surface area contributed by atoms with E-state index in [9.17, 15) is 0 Å². The topological polar surface area (TPSA) is 87.1 Å². The fourth-order valence-corrected chi connectivity index (χ4v) is 2.43. The van der Waals surface area contributed by atoms with Crippen molar-refractivity contribution in [3.05, 3.63) is 30.3 Å². The molecule has 1 aromatic carbocycles. The van der Waals surface area contributed by atoms with Gasteiger partial charge in [0.25, 0.3) is 0 Å². The number of hydrogen-bond acceptors (Lipinski definition) is 4. The summed E-state index contributed by atoms with van der Waals surface area (Å²) in [5.74, 6) is -1.73. The largest absolute Gasteiger partial charge is 0.494 e. The minimum atomic E-state index is -1.82. The monoisotopic (exact) mass is 337 g/mol. The van der Waals surface area contributed by atoms with Gasteiger partial charge < -0.3 is 19.8 Å². The van der Waals surface area contributed by atoms with E-state index in [-0.39, 0.29) is 0 Å². The lowest BCUT2D eigenvalue weighted by Crippen LogP contribution is -2.33. The Hall–Kier alpha value is -2.08. The summed E-state index contributed by atoms with van der Waals surface area (Å²) in [6.07, 6.45) is 5.16. The van der Waals surface area contributed by atoms with Crippen molar-refractivity contribution in [3.63, 3.8) is 0 Å². The molecule has 6 nitrogen and oxygen atoms in total. The first-order valence-corrected chi connectivity index (χ1v) is 8.35. The van der Waals surface area contributed by atoms with E-state index < -0.39 is 11.9 Å². The van der Waals surface area contributed by atoms with E-state index in [0.29, 0.717) is 0 Å². The average Bonchev–Trinajstić information content (AvgIpc) is 2.58. The number of para-hydroxylation sites is 1. The van der Waals surface area contributed by atoms with Crippen molar-refractivity contribution in [2.45, 2.75) is 32.6 Å². The van der Waals surface area contributed by atoms with Gasteiger partial charge in [-0.15, -0.1) is 0 Å². The van der Waals surface area contributed by atoms with Crippen LogP contribution in [0.25, 0.3) is 0 Å². The molecule has 0 spiro atoms. The van der Waals surface area contributed by atoms with Crippen LogP contribution in [0, 0.1) is 5.92 Å². The predicted molar refractivity (Wildman–Crippen MR) is 91.3 cm³/mol. The van der Waals surface area contributed by atoms with Gasteiger partial charge in [0.15, 0.2) is 0 Å². The second kappa shape index (κ2) is 11.5. The molecule has 0 saturated carbocycles. The fraction of sp³-hybridized carbons (Fsp3) is 0.556. The van der Waals surface area contributed by atoms with Gasteiger partial charge in [-0.2, -0.15) is 0 Å². The number of carboxylic acids is 2. The summed E-state index contributed by atoms with van der Waals surface area (Å²) in [7, 11) is 0. The Morgan fingerprint density at radius 3 is 2.21 bits per heavy atom. The van der Waals surface area contributed by atoms with Crippen LogP contribution in [0.2, 0.25) is 0 Å². The molecular formula is C18H27NO5. The quantitative estimate of drug-likeness (QED) is 0.613. The zero-order chi connectivity index (χ0) is 17.8. The predicted octanol–water partition coefficient (Wildman–Crippen LogP) is 2.73. The molecule has 1 aromatic rings. The zero-order valence-corrected chi connectivity index (χ0v) is 14.2. The highest BCUT2D eigenvalue weighted by Gasteiger charge is 2.14. The van der Waals surface area contributed by atoms with Crippen LogP contribution in [0.5, 0.6) is 5.75 Å².